The largest absolute Gasteiger partial charge is 0.396 e. The molecule has 0 fully saturated rings. The van der Waals surface area contributed by atoms with Crippen molar-refractivity contribution in [2.24, 2.45) is 0 Å². The quantitative estimate of drug-likeness (QED) is 0.806. The van der Waals surface area contributed by atoms with Crippen molar-refractivity contribution >= 4 is 11.8 Å². The van der Waals surface area contributed by atoms with E-state index in [2.05, 4.69) is 25.1 Å². The molecule has 76 valence electrons. The fourth-order valence-corrected chi connectivity index (χ4v) is 3.05. The van der Waals surface area contributed by atoms with Crippen molar-refractivity contribution in [2.75, 3.05) is 12.4 Å². The molecule has 1 aliphatic rings. The molecule has 1 atom stereocenters. The standard InChI is InChI=1S/C12H16OS/c1-9(8-13)10-4-2-6-12-11(10)5-3-7-14-12/h2,4,6,9,13H,3,5,7-8H2,1H3. The Morgan fingerprint density at radius 2 is 2.36 bits per heavy atom. The van der Waals surface area contributed by atoms with Crippen LogP contribution in [0.25, 0.3) is 0 Å². The highest BCUT2D eigenvalue weighted by Gasteiger charge is 2.16. The predicted molar refractivity (Wildman–Crippen MR) is 61.0 cm³/mol. The monoisotopic (exact) mass is 208 g/mol. The first-order valence-corrected chi connectivity index (χ1v) is 6.17. The van der Waals surface area contributed by atoms with Crippen LogP contribution in [0.5, 0.6) is 0 Å². The van der Waals surface area contributed by atoms with E-state index in [1.165, 1.54) is 34.6 Å². The highest BCUT2D eigenvalue weighted by atomic mass is 32.2. The number of benzene rings is 1. The first kappa shape index (κ1) is 10.1. The number of aliphatic hydroxyl groups excluding tert-OH is 1. The Labute approximate surface area is 89.5 Å². The van der Waals surface area contributed by atoms with Crippen LogP contribution in [0.4, 0.5) is 0 Å². The highest BCUT2D eigenvalue weighted by Crippen LogP contribution is 2.34. The molecule has 0 saturated heterocycles. The van der Waals surface area contributed by atoms with Crippen LogP contribution >= 0.6 is 11.8 Å². The summed E-state index contributed by atoms with van der Waals surface area (Å²) < 4.78 is 0. The third-order valence-electron chi connectivity index (χ3n) is 2.80. The van der Waals surface area contributed by atoms with Crippen molar-refractivity contribution in [1.82, 2.24) is 0 Å². The molecule has 2 heteroatoms. The molecule has 2 rings (SSSR count). The average molecular weight is 208 g/mol. The summed E-state index contributed by atoms with van der Waals surface area (Å²) in [4.78, 5) is 1.43. The van der Waals surface area contributed by atoms with Gasteiger partial charge in [0.15, 0.2) is 0 Å². The molecule has 0 amide bonds. The van der Waals surface area contributed by atoms with E-state index in [0.29, 0.717) is 0 Å². The first-order valence-electron chi connectivity index (χ1n) is 5.18. The Kier molecular flexibility index (Phi) is 3.14. The number of aliphatic hydroxyl groups is 1. The van der Waals surface area contributed by atoms with Gasteiger partial charge >= 0.3 is 0 Å². The van der Waals surface area contributed by atoms with E-state index >= 15 is 0 Å². The molecule has 1 aromatic rings. The average Bonchev–Trinajstić information content (AvgIpc) is 2.27. The van der Waals surface area contributed by atoms with Crippen LogP contribution in [0.2, 0.25) is 0 Å². The summed E-state index contributed by atoms with van der Waals surface area (Å²) >= 11 is 1.95. The topological polar surface area (TPSA) is 20.2 Å². The SMILES string of the molecule is CC(CO)c1cccc2c1CCCS2. The maximum absolute atomic E-state index is 9.18. The normalized spacial score (nSPS) is 17.6. The van der Waals surface area contributed by atoms with Gasteiger partial charge in [-0.1, -0.05) is 19.1 Å². The van der Waals surface area contributed by atoms with Gasteiger partial charge in [0.1, 0.15) is 0 Å². The maximum Gasteiger partial charge on any atom is 0.0497 e. The fourth-order valence-electron chi connectivity index (χ4n) is 1.98. The highest BCUT2D eigenvalue weighted by molar-refractivity contribution is 7.99. The number of thioether (sulfide) groups is 1. The predicted octanol–water partition coefficient (Wildman–Crippen LogP) is 2.82. The lowest BCUT2D eigenvalue weighted by molar-refractivity contribution is 0.272. The van der Waals surface area contributed by atoms with Crippen molar-refractivity contribution in [3.63, 3.8) is 0 Å². The molecule has 14 heavy (non-hydrogen) atoms. The van der Waals surface area contributed by atoms with Gasteiger partial charge in [0.05, 0.1) is 0 Å². The number of hydrogen-bond acceptors (Lipinski definition) is 2. The molecule has 0 aromatic heterocycles. The van der Waals surface area contributed by atoms with Gasteiger partial charge in [-0.15, -0.1) is 11.8 Å². The van der Waals surface area contributed by atoms with Crippen molar-refractivity contribution in [2.45, 2.75) is 30.6 Å². The molecule has 0 spiro atoms. The zero-order chi connectivity index (χ0) is 9.97. The summed E-state index contributed by atoms with van der Waals surface area (Å²) in [5.74, 6) is 1.52. The van der Waals surface area contributed by atoms with Crippen LogP contribution < -0.4 is 0 Å². The fraction of sp³-hybridized carbons (Fsp3) is 0.500. The number of rotatable bonds is 2. The molecular formula is C12H16OS. The molecule has 1 unspecified atom stereocenters. The Balaban J connectivity index is 2.39. The smallest absolute Gasteiger partial charge is 0.0497 e. The van der Waals surface area contributed by atoms with Crippen LogP contribution in [-0.4, -0.2) is 17.5 Å². The van der Waals surface area contributed by atoms with Crippen LogP contribution in [0.1, 0.15) is 30.4 Å². The lowest BCUT2D eigenvalue weighted by Crippen LogP contribution is -2.07. The zero-order valence-corrected chi connectivity index (χ0v) is 9.31. The van der Waals surface area contributed by atoms with Crippen molar-refractivity contribution < 1.29 is 5.11 Å². The van der Waals surface area contributed by atoms with Crippen molar-refractivity contribution in [1.29, 1.82) is 0 Å². The summed E-state index contributed by atoms with van der Waals surface area (Å²) in [7, 11) is 0. The molecule has 1 nitrogen and oxygen atoms in total. The minimum Gasteiger partial charge on any atom is -0.396 e. The van der Waals surface area contributed by atoms with E-state index in [-0.39, 0.29) is 12.5 Å². The van der Waals surface area contributed by atoms with Gasteiger partial charge in [-0.2, -0.15) is 0 Å². The third-order valence-corrected chi connectivity index (χ3v) is 3.99. The minimum absolute atomic E-state index is 0.251. The minimum atomic E-state index is 0.251. The van der Waals surface area contributed by atoms with Gasteiger partial charge in [0.2, 0.25) is 0 Å². The maximum atomic E-state index is 9.18. The summed E-state index contributed by atoms with van der Waals surface area (Å²) in [6, 6.07) is 6.47. The Hall–Kier alpha value is -0.470. The van der Waals surface area contributed by atoms with Gasteiger partial charge < -0.3 is 5.11 Å². The number of hydrogen-bond donors (Lipinski definition) is 1. The zero-order valence-electron chi connectivity index (χ0n) is 8.49. The van der Waals surface area contributed by atoms with Crippen molar-refractivity contribution in [3.05, 3.63) is 29.3 Å². The molecular weight excluding hydrogens is 192 g/mol. The third kappa shape index (κ3) is 1.82. The van der Waals surface area contributed by atoms with Gasteiger partial charge in [-0.3, -0.25) is 0 Å². The molecule has 1 N–H and O–H groups in total. The van der Waals surface area contributed by atoms with Crippen LogP contribution in [-0.2, 0) is 6.42 Å². The van der Waals surface area contributed by atoms with E-state index in [4.69, 9.17) is 0 Å². The molecule has 0 saturated carbocycles. The van der Waals surface area contributed by atoms with Crippen molar-refractivity contribution in [3.8, 4) is 0 Å². The van der Waals surface area contributed by atoms with Gasteiger partial charge in [-0.25, -0.2) is 0 Å². The lowest BCUT2D eigenvalue weighted by atomic mass is 9.93. The van der Waals surface area contributed by atoms with E-state index in [1.54, 1.807) is 0 Å². The second-order valence-electron chi connectivity index (χ2n) is 3.86. The Morgan fingerprint density at radius 3 is 3.14 bits per heavy atom. The molecule has 0 radical (unpaired) electrons. The van der Waals surface area contributed by atoms with Crippen LogP contribution in [0.3, 0.4) is 0 Å². The van der Waals surface area contributed by atoms with Crippen LogP contribution in [0, 0.1) is 0 Å². The van der Waals surface area contributed by atoms with Crippen LogP contribution in [0.15, 0.2) is 23.1 Å². The molecule has 1 aromatic carbocycles. The molecule has 1 heterocycles. The van der Waals surface area contributed by atoms with E-state index in [1.807, 2.05) is 11.8 Å². The molecule has 0 bridgehead atoms. The summed E-state index contributed by atoms with van der Waals surface area (Å²) in [5.41, 5.74) is 2.82. The summed E-state index contributed by atoms with van der Waals surface area (Å²) in [6.07, 6.45) is 2.45. The second-order valence-corrected chi connectivity index (χ2v) is 5.00. The Bertz CT molecular complexity index is 322. The van der Waals surface area contributed by atoms with Gasteiger partial charge in [0, 0.05) is 17.4 Å². The molecule has 0 aliphatic carbocycles. The summed E-state index contributed by atoms with van der Waals surface area (Å²) in [6.45, 7) is 2.34. The van der Waals surface area contributed by atoms with E-state index in [0.717, 1.165) is 0 Å². The first-order chi connectivity index (χ1) is 6.83. The lowest BCUT2D eigenvalue weighted by Gasteiger charge is -2.21. The number of fused-ring (bicyclic) bond motifs is 1. The van der Waals surface area contributed by atoms with E-state index < -0.39 is 0 Å². The van der Waals surface area contributed by atoms with Gasteiger partial charge in [-0.05, 0) is 35.8 Å². The summed E-state index contributed by atoms with van der Waals surface area (Å²) in [5, 5.41) is 9.18. The molecule has 1 aliphatic heterocycles. The second kappa shape index (κ2) is 4.37. The van der Waals surface area contributed by atoms with E-state index in [9.17, 15) is 5.11 Å². The Morgan fingerprint density at radius 1 is 1.50 bits per heavy atom. The van der Waals surface area contributed by atoms with Gasteiger partial charge in [0.25, 0.3) is 0 Å².